The lowest BCUT2D eigenvalue weighted by molar-refractivity contribution is 0.0443. The van der Waals surface area contributed by atoms with Crippen LogP contribution in [0.5, 0.6) is 0 Å². The lowest BCUT2D eigenvalue weighted by Crippen LogP contribution is -2.25. The van der Waals surface area contributed by atoms with Gasteiger partial charge in [-0.15, -0.1) is 0 Å². The molecule has 2 aliphatic carbocycles. The molecule has 0 amide bonds. The monoisotopic (exact) mass is 480 g/mol. The maximum Gasteiger partial charge on any atom is 0.126 e. The summed E-state index contributed by atoms with van der Waals surface area (Å²) in [6.07, 6.45) is 11.6. The van der Waals surface area contributed by atoms with Crippen LogP contribution in [0, 0.1) is 23.7 Å². The molecule has 3 nitrogen and oxygen atoms in total. The number of amidine groups is 1. The number of benzene rings is 2. The van der Waals surface area contributed by atoms with E-state index in [4.69, 9.17) is 9.98 Å². The molecule has 1 aliphatic heterocycles. The maximum absolute atomic E-state index is 10.4. The fraction of sp³-hybridized carbons (Fsp3) is 0.455. The van der Waals surface area contributed by atoms with E-state index in [0.717, 1.165) is 47.5 Å². The Kier molecular flexibility index (Phi) is 7.12. The van der Waals surface area contributed by atoms with Crippen molar-refractivity contribution in [2.75, 3.05) is 0 Å². The summed E-state index contributed by atoms with van der Waals surface area (Å²) in [4.78, 5) is 9.94. The fourth-order valence-corrected chi connectivity index (χ4v) is 6.93. The van der Waals surface area contributed by atoms with Crippen LogP contribution in [0.15, 0.2) is 82.3 Å². The van der Waals surface area contributed by atoms with Gasteiger partial charge in [0, 0.05) is 11.3 Å². The molecule has 0 saturated heterocycles. The second-order valence-corrected chi connectivity index (χ2v) is 11.8. The highest BCUT2D eigenvalue weighted by Crippen LogP contribution is 2.53. The standard InChI is InChI=1S/C33H40N2O/c1-22-10-17-29(20-27-15-18-31-28(16-19-30(27)31)21-33(3,4)36)34-23(2)35-32(22)26-13-11-25(12-14-26)24-8-6-5-7-9-24/h5-14,17,27-28,30-31,36H,15-16,18-21H2,1-4H3/b17-10-,22-10?,29-17?,32-22+,34-23?,34-29?,35-23?,35-32?. The van der Waals surface area contributed by atoms with Gasteiger partial charge < -0.3 is 5.11 Å². The number of fused-ring (bicyclic) bond motifs is 1. The second-order valence-electron chi connectivity index (χ2n) is 11.8. The predicted molar refractivity (Wildman–Crippen MR) is 152 cm³/mol. The van der Waals surface area contributed by atoms with Gasteiger partial charge >= 0.3 is 0 Å². The average molecular weight is 481 g/mol. The van der Waals surface area contributed by atoms with Gasteiger partial charge in [-0.05, 0) is 113 Å². The minimum atomic E-state index is -0.555. The Hall–Kier alpha value is -2.78. The van der Waals surface area contributed by atoms with E-state index in [9.17, 15) is 5.11 Å². The van der Waals surface area contributed by atoms with Gasteiger partial charge in [0.1, 0.15) is 5.84 Å². The number of hydrogen-bond acceptors (Lipinski definition) is 3. The largest absolute Gasteiger partial charge is 0.390 e. The average Bonchev–Trinajstić information content (AvgIpc) is 3.43. The SMILES string of the molecule is CC1=N/C(c2ccc(-c3ccccc3)cc2)=C(C)/C=C\C(CC2CCC3C(CC(C)(C)O)CCC23)=N1. The van der Waals surface area contributed by atoms with Crippen molar-refractivity contribution in [3.8, 4) is 11.1 Å². The molecule has 2 fully saturated rings. The van der Waals surface area contributed by atoms with Crippen molar-refractivity contribution in [3.63, 3.8) is 0 Å². The van der Waals surface area contributed by atoms with Gasteiger partial charge in [-0.3, -0.25) is 0 Å². The van der Waals surface area contributed by atoms with E-state index in [0.29, 0.717) is 11.8 Å². The Balaban J connectivity index is 1.29. The molecule has 0 aromatic heterocycles. The van der Waals surface area contributed by atoms with Crippen molar-refractivity contribution in [2.24, 2.45) is 33.7 Å². The molecule has 3 heteroatoms. The molecule has 3 aliphatic rings. The molecule has 4 unspecified atom stereocenters. The van der Waals surface area contributed by atoms with E-state index >= 15 is 0 Å². The minimum Gasteiger partial charge on any atom is -0.390 e. The van der Waals surface area contributed by atoms with Crippen LogP contribution >= 0.6 is 0 Å². The normalized spacial score (nSPS) is 29.2. The van der Waals surface area contributed by atoms with Crippen LogP contribution in [0.1, 0.15) is 71.8 Å². The minimum absolute atomic E-state index is 0.555. The van der Waals surface area contributed by atoms with Gasteiger partial charge in [0.05, 0.1) is 11.3 Å². The molecular formula is C33H40N2O. The summed E-state index contributed by atoms with van der Waals surface area (Å²) in [6.45, 7) is 8.10. The Morgan fingerprint density at radius 1 is 0.750 bits per heavy atom. The van der Waals surface area contributed by atoms with Gasteiger partial charge in [-0.25, -0.2) is 9.98 Å². The number of allylic oxidation sites excluding steroid dienone is 3. The number of nitrogens with zero attached hydrogens (tertiary/aromatic N) is 2. The summed E-state index contributed by atoms with van der Waals surface area (Å²) >= 11 is 0. The Morgan fingerprint density at radius 2 is 1.36 bits per heavy atom. The van der Waals surface area contributed by atoms with Crippen molar-refractivity contribution < 1.29 is 5.11 Å². The van der Waals surface area contributed by atoms with Crippen molar-refractivity contribution in [1.29, 1.82) is 0 Å². The molecule has 2 aromatic carbocycles. The topological polar surface area (TPSA) is 45.0 Å². The van der Waals surface area contributed by atoms with Crippen LogP contribution in [-0.2, 0) is 0 Å². The van der Waals surface area contributed by atoms with Crippen LogP contribution in [0.3, 0.4) is 0 Å². The lowest BCUT2D eigenvalue weighted by Gasteiger charge is -2.26. The first-order valence-electron chi connectivity index (χ1n) is 13.7. The molecule has 0 bridgehead atoms. The lowest BCUT2D eigenvalue weighted by atomic mass is 9.82. The van der Waals surface area contributed by atoms with Gasteiger partial charge in [-0.1, -0.05) is 60.7 Å². The van der Waals surface area contributed by atoms with E-state index in [-0.39, 0.29) is 0 Å². The summed E-state index contributed by atoms with van der Waals surface area (Å²) in [5.41, 5.74) is 6.33. The first-order chi connectivity index (χ1) is 17.3. The molecule has 0 spiro atoms. The number of aliphatic hydroxyl groups is 1. The van der Waals surface area contributed by atoms with Crippen molar-refractivity contribution in [3.05, 3.63) is 77.9 Å². The zero-order chi connectivity index (χ0) is 25.3. The molecule has 2 aromatic rings. The van der Waals surface area contributed by atoms with Gasteiger partial charge in [-0.2, -0.15) is 0 Å². The zero-order valence-electron chi connectivity index (χ0n) is 22.2. The van der Waals surface area contributed by atoms with E-state index in [1.54, 1.807) is 0 Å². The summed E-state index contributed by atoms with van der Waals surface area (Å²) < 4.78 is 0. The molecule has 0 radical (unpaired) electrons. The maximum atomic E-state index is 10.4. The zero-order valence-corrected chi connectivity index (χ0v) is 22.2. The molecule has 188 valence electrons. The molecule has 1 N–H and O–H groups in total. The fourth-order valence-electron chi connectivity index (χ4n) is 6.93. The van der Waals surface area contributed by atoms with Crippen molar-refractivity contribution in [2.45, 2.75) is 71.8 Å². The predicted octanol–water partition coefficient (Wildman–Crippen LogP) is 8.12. The molecular weight excluding hydrogens is 440 g/mol. The molecule has 5 rings (SSSR count). The Bertz CT molecular complexity index is 1190. The molecule has 2 saturated carbocycles. The second kappa shape index (κ2) is 10.3. The molecule has 36 heavy (non-hydrogen) atoms. The van der Waals surface area contributed by atoms with Gasteiger partial charge in [0.25, 0.3) is 0 Å². The van der Waals surface area contributed by atoms with Crippen molar-refractivity contribution >= 4 is 17.2 Å². The quantitative estimate of drug-likeness (QED) is 0.446. The Morgan fingerprint density at radius 3 is 2.06 bits per heavy atom. The molecule has 4 atom stereocenters. The van der Waals surface area contributed by atoms with Crippen LogP contribution in [0.25, 0.3) is 16.8 Å². The van der Waals surface area contributed by atoms with E-state index < -0.39 is 5.60 Å². The summed E-state index contributed by atoms with van der Waals surface area (Å²) in [5.74, 6) is 3.77. The number of rotatable bonds is 6. The number of hydrogen-bond donors (Lipinski definition) is 1. The summed E-state index contributed by atoms with van der Waals surface area (Å²) in [5, 5.41) is 10.4. The first-order valence-corrected chi connectivity index (χ1v) is 13.7. The third kappa shape index (κ3) is 5.62. The number of aliphatic imine (C=N–C) groups is 2. The van der Waals surface area contributed by atoms with Gasteiger partial charge in [0.15, 0.2) is 0 Å². The summed E-state index contributed by atoms with van der Waals surface area (Å²) in [7, 11) is 0. The smallest absolute Gasteiger partial charge is 0.126 e. The van der Waals surface area contributed by atoms with Crippen molar-refractivity contribution in [1.82, 2.24) is 0 Å². The summed E-state index contributed by atoms with van der Waals surface area (Å²) in [6, 6.07) is 19.2. The third-order valence-corrected chi connectivity index (χ3v) is 8.48. The van der Waals surface area contributed by atoms with E-state index in [1.165, 1.54) is 42.4 Å². The van der Waals surface area contributed by atoms with E-state index in [1.807, 2.05) is 26.8 Å². The van der Waals surface area contributed by atoms with Crippen LogP contribution < -0.4 is 0 Å². The van der Waals surface area contributed by atoms with Crippen LogP contribution in [0.2, 0.25) is 0 Å². The van der Waals surface area contributed by atoms with Crippen LogP contribution in [-0.4, -0.2) is 22.3 Å². The van der Waals surface area contributed by atoms with Crippen LogP contribution in [0.4, 0.5) is 0 Å². The van der Waals surface area contributed by atoms with Gasteiger partial charge in [0.2, 0.25) is 0 Å². The van der Waals surface area contributed by atoms with E-state index in [2.05, 4.69) is 67.6 Å². The third-order valence-electron chi connectivity index (χ3n) is 8.48. The highest BCUT2D eigenvalue weighted by atomic mass is 16.3. The Labute approximate surface area is 216 Å². The first kappa shape index (κ1) is 24.9. The highest BCUT2D eigenvalue weighted by molar-refractivity contribution is 6.05. The molecule has 1 heterocycles. The highest BCUT2D eigenvalue weighted by Gasteiger charge is 2.45.